The van der Waals surface area contributed by atoms with Gasteiger partial charge in [-0.2, -0.15) is 0 Å². The van der Waals surface area contributed by atoms with Gasteiger partial charge in [0, 0.05) is 6.54 Å². The van der Waals surface area contributed by atoms with Crippen LogP contribution in [0.2, 0.25) is 0 Å². The van der Waals surface area contributed by atoms with Crippen LogP contribution in [0, 0.1) is 5.92 Å². The molecule has 0 aromatic heterocycles. The summed E-state index contributed by atoms with van der Waals surface area (Å²) in [6.07, 6.45) is 0.638. The molecular weight excluding hydrogens is 252 g/mol. The van der Waals surface area contributed by atoms with E-state index < -0.39 is 15.9 Å². The topological polar surface area (TPSA) is 80.5 Å². The summed E-state index contributed by atoms with van der Waals surface area (Å²) in [5.41, 5.74) is 5.98. The SMILES string of the molecule is CC(C)CCN1C(=O)c2cccc(N)c2S1(=O)=O. The van der Waals surface area contributed by atoms with Crippen molar-refractivity contribution in [1.82, 2.24) is 4.31 Å². The molecule has 2 N–H and O–H groups in total. The Hall–Kier alpha value is -1.56. The van der Waals surface area contributed by atoms with Gasteiger partial charge in [0.1, 0.15) is 4.90 Å². The minimum atomic E-state index is -3.76. The summed E-state index contributed by atoms with van der Waals surface area (Å²) in [5.74, 6) is -0.146. The van der Waals surface area contributed by atoms with Gasteiger partial charge in [-0.1, -0.05) is 19.9 Å². The molecule has 6 heteroatoms. The zero-order valence-corrected chi connectivity index (χ0v) is 11.2. The largest absolute Gasteiger partial charge is 0.398 e. The first-order valence-electron chi connectivity index (χ1n) is 5.81. The number of benzene rings is 1. The third kappa shape index (κ3) is 1.86. The van der Waals surface area contributed by atoms with Crippen molar-refractivity contribution in [3.63, 3.8) is 0 Å². The van der Waals surface area contributed by atoms with Crippen molar-refractivity contribution in [2.45, 2.75) is 25.2 Å². The molecule has 0 fully saturated rings. The van der Waals surface area contributed by atoms with Crippen molar-refractivity contribution in [3.05, 3.63) is 23.8 Å². The fraction of sp³-hybridized carbons (Fsp3) is 0.417. The van der Waals surface area contributed by atoms with E-state index in [1.54, 1.807) is 6.07 Å². The summed E-state index contributed by atoms with van der Waals surface area (Å²) in [7, 11) is -3.76. The minimum absolute atomic E-state index is 0.0428. The molecule has 0 bridgehead atoms. The number of hydrogen-bond donors (Lipinski definition) is 1. The maximum Gasteiger partial charge on any atom is 0.269 e. The molecule has 0 atom stereocenters. The molecule has 0 saturated heterocycles. The van der Waals surface area contributed by atoms with Crippen LogP contribution in [-0.2, 0) is 10.0 Å². The second-order valence-corrected chi connectivity index (χ2v) is 6.59. The van der Waals surface area contributed by atoms with E-state index in [1.165, 1.54) is 12.1 Å². The average molecular weight is 268 g/mol. The van der Waals surface area contributed by atoms with Crippen molar-refractivity contribution in [2.75, 3.05) is 12.3 Å². The van der Waals surface area contributed by atoms with Crippen LogP contribution in [-0.4, -0.2) is 25.2 Å². The molecule has 1 aliphatic rings. The van der Waals surface area contributed by atoms with Crippen LogP contribution in [0.4, 0.5) is 5.69 Å². The number of carbonyl (C=O) groups is 1. The van der Waals surface area contributed by atoms with Crippen LogP contribution in [0.3, 0.4) is 0 Å². The van der Waals surface area contributed by atoms with Gasteiger partial charge in [-0.25, -0.2) is 12.7 Å². The van der Waals surface area contributed by atoms with Crippen molar-refractivity contribution in [1.29, 1.82) is 0 Å². The fourth-order valence-electron chi connectivity index (χ4n) is 1.96. The average Bonchev–Trinajstić information content (AvgIpc) is 2.46. The number of nitrogens with two attached hydrogens (primary N) is 1. The number of rotatable bonds is 3. The van der Waals surface area contributed by atoms with E-state index in [-0.39, 0.29) is 22.7 Å². The Morgan fingerprint density at radius 3 is 2.56 bits per heavy atom. The molecule has 1 amide bonds. The van der Waals surface area contributed by atoms with E-state index in [4.69, 9.17) is 5.73 Å². The molecule has 0 saturated carbocycles. The molecule has 0 aliphatic carbocycles. The van der Waals surface area contributed by atoms with Crippen molar-refractivity contribution >= 4 is 21.6 Å². The number of hydrogen-bond acceptors (Lipinski definition) is 4. The number of amides is 1. The van der Waals surface area contributed by atoms with Crippen LogP contribution in [0.1, 0.15) is 30.6 Å². The van der Waals surface area contributed by atoms with Gasteiger partial charge in [-0.3, -0.25) is 4.79 Å². The van der Waals surface area contributed by atoms with Gasteiger partial charge in [0.2, 0.25) is 0 Å². The maximum atomic E-state index is 12.3. The summed E-state index contributed by atoms with van der Waals surface area (Å²) in [6.45, 7) is 4.16. The van der Waals surface area contributed by atoms with Crippen molar-refractivity contribution < 1.29 is 13.2 Å². The van der Waals surface area contributed by atoms with Gasteiger partial charge < -0.3 is 5.73 Å². The van der Waals surface area contributed by atoms with Crippen LogP contribution >= 0.6 is 0 Å². The molecule has 2 rings (SSSR count). The molecule has 0 spiro atoms. The number of nitrogens with zero attached hydrogens (tertiary/aromatic N) is 1. The first kappa shape index (κ1) is 12.9. The summed E-state index contributed by atoms with van der Waals surface area (Å²) >= 11 is 0. The van der Waals surface area contributed by atoms with Crippen LogP contribution < -0.4 is 5.73 Å². The first-order valence-corrected chi connectivity index (χ1v) is 7.25. The van der Waals surface area contributed by atoms with Crippen LogP contribution in [0.5, 0.6) is 0 Å². The number of anilines is 1. The van der Waals surface area contributed by atoms with Gasteiger partial charge in [0.25, 0.3) is 15.9 Å². The molecule has 1 aromatic rings. The van der Waals surface area contributed by atoms with E-state index in [9.17, 15) is 13.2 Å². The normalized spacial score (nSPS) is 17.3. The highest BCUT2D eigenvalue weighted by molar-refractivity contribution is 7.90. The Bertz CT molecular complexity index is 593. The van der Waals surface area contributed by atoms with E-state index in [0.29, 0.717) is 12.3 Å². The van der Waals surface area contributed by atoms with Gasteiger partial charge in [-0.15, -0.1) is 0 Å². The third-order valence-electron chi connectivity index (χ3n) is 2.96. The predicted octanol–water partition coefficient (Wildman–Crippen LogP) is 1.46. The van der Waals surface area contributed by atoms with Crippen molar-refractivity contribution in [2.24, 2.45) is 5.92 Å². The van der Waals surface area contributed by atoms with Gasteiger partial charge in [0.05, 0.1) is 11.3 Å². The minimum Gasteiger partial charge on any atom is -0.398 e. The highest BCUT2D eigenvalue weighted by Gasteiger charge is 2.42. The lowest BCUT2D eigenvalue weighted by Gasteiger charge is -2.16. The summed E-state index contributed by atoms with van der Waals surface area (Å²) < 4.78 is 25.4. The Kier molecular flexibility index (Phi) is 3.06. The first-order chi connectivity index (χ1) is 8.35. The Morgan fingerprint density at radius 1 is 1.33 bits per heavy atom. The number of carbonyl (C=O) groups excluding carboxylic acids is 1. The Labute approximate surface area is 107 Å². The van der Waals surface area contributed by atoms with Crippen LogP contribution in [0.15, 0.2) is 23.1 Å². The summed E-state index contributed by atoms with van der Waals surface area (Å²) in [6, 6.07) is 4.59. The molecule has 18 heavy (non-hydrogen) atoms. The lowest BCUT2D eigenvalue weighted by atomic mass is 10.1. The van der Waals surface area contributed by atoms with Crippen molar-refractivity contribution in [3.8, 4) is 0 Å². The number of fused-ring (bicyclic) bond motifs is 1. The fourth-order valence-corrected chi connectivity index (χ4v) is 3.64. The molecule has 98 valence electrons. The molecule has 0 unspecified atom stereocenters. The molecule has 1 aliphatic heterocycles. The van der Waals surface area contributed by atoms with Crippen LogP contribution in [0.25, 0.3) is 0 Å². The Balaban J connectivity index is 2.45. The number of nitrogen functional groups attached to an aromatic ring is 1. The monoisotopic (exact) mass is 268 g/mol. The van der Waals surface area contributed by atoms with E-state index >= 15 is 0 Å². The molecule has 0 radical (unpaired) electrons. The van der Waals surface area contributed by atoms with E-state index in [1.807, 2.05) is 13.8 Å². The second-order valence-electron chi connectivity index (χ2n) is 4.79. The van der Waals surface area contributed by atoms with Gasteiger partial charge >= 0.3 is 0 Å². The highest BCUT2D eigenvalue weighted by Crippen LogP contribution is 2.34. The molecule has 1 aromatic carbocycles. The lowest BCUT2D eigenvalue weighted by Crippen LogP contribution is -2.31. The standard InChI is InChI=1S/C12H16N2O3S/c1-8(2)6-7-14-12(15)9-4-3-5-10(13)11(9)18(14,16)17/h3-5,8H,6-7,13H2,1-2H3. The molecule has 1 heterocycles. The molecule has 5 nitrogen and oxygen atoms in total. The smallest absolute Gasteiger partial charge is 0.269 e. The van der Waals surface area contributed by atoms with E-state index in [0.717, 1.165) is 4.31 Å². The Morgan fingerprint density at radius 2 is 2.00 bits per heavy atom. The summed E-state index contributed by atoms with van der Waals surface area (Å²) in [5, 5.41) is 0. The zero-order valence-electron chi connectivity index (χ0n) is 10.4. The van der Waals surface area contributed by atoms with Gasteiger partial charge in [-0.05, 0) is 24.5 Å². The lowest BCUT2D eigenvalue weighted by molar-refractivity contribution is 0.0867. The predicted molar refractivity (Wildman–Crippen MR) is 68.5 cm³/mol. The van der Waals surface area contributed by atoms with Gasteiger partial charge in [0.15, 0.2) is 0 Å². The summed E-state index contributed by atoms with van der Waals surface area (Å²) in [4.78, 5) is 12.0. The highest BCUT2D eigenvalue weighted by atomic mass is 32.2. The quantitative estimate of drug-likeness (QED) is 0.841. The number of sulfonamides is 1. The third-order valence-corrected chi connectivity index (χ3v) is 4.86. The van der Waals surface area contributed by atoms with E-state index in [2.05, 4.69) is 0 Å². The zero-order chi connectivity index (χ0) is 13.5. The second kappa shape index (κ2) is 4.28. The molecular formula is C12H16N2O3S. The maximum absolute atomic E-state index is 12.3.